The van der Waals surface area contributed by atoms with Crippen molar-refractivity contribution in [3.05, 3.63) is 30.1 Å². The molecule has 1 aromatic rings. The highest BCUT2D eigenvalue weighted by atomic mass is 16.4. The van der Waals surface area contributed by atoms with Crippen molar-refractivity contribution >= 4 is 5.97 Å². The van der Waals surface area contributed by atoms with Gasteiger partial charge in [0.05, 0.1) is 0 Å². The van der Waals surface area contributed by atoms with Crippen molar-refractivity contribution in [1.29, 1.82) is 0 Å². The zero-order valence-electron chi connectivity index (χ0n) is 11.5. The molecule has 0 saturated carbocycles. The van der Waals surface area contributed by atoms with E-state index in [1.165, 1.54) is 0 Å². The molecule has 1 aliphatic heterocycles. The highest BCUT2D eigenvalue weighted by Gasteiger charge is 2.34. The Bertz CT molecular complexity index is 424. The number of carboxylic acid groups (broad SMARTS) is 1. The van der Waals surface area contributed by atoms with E-state index in [-0.39, 0.29) is 6.04 Å². The zero-order valence-corrected chi connectivity index (χ0v) is 11.5. The summed E-state index contributed by atoms with van der Waals surface area (Å²) in [5.41, 5.74) is 0.756. The third kappa shape index (κ3) is 3.11. The van der Waals surface area contributed by atoms with Crippen molar-refractivity contribution in [2.24, 2.45) is 0 Å². The van der Waals surface area contributed by atoms with Crippen LogP contribution in [0.25, 0.3) is 0 Å². The lowest BCUT2D eigenvalue weighted by atomic mass is 10.0. The molecule has 104 valence electrons. The normalized spacial score (nSPS) is 23.2. The van der Waals surface area contributed by atoms with Gasteiger partial charge in [-0.15, -0.1) is 0 Å². The first kappa shape index (κ1) is 14.0. The van der Waals surface area contributed by atoms with Crippen molar-refractivity contribution in [1.82, 2.24) is 14.8 Å². The first-order valence-electron chi connectivity index (χ1n) is 6.74. The Kier molecular flexibility index (Phi) is 4.50. The van der Waals surface area contributed by atoms with Crippen LogP contribution in [0.1, 0.15) is 25.5 Å². The maximum Gasteiger partial charge on any atom is 0.325 e. The molecule has 0 bridgehead atoms. The Morgan fingerprint density at radius 2 is 2.37 bits per heavy atom. The van der Waals surface area contributed by atoms with E-state index < -0.39 is 12.0 Å². The topological polar surface area (TPSA) is 56.7 Å². The number of carbonyl (C=O) groups is 1. The molecule has 1 aliphatic rings. The van der Waals surface area contributed by atoms with Gasteiger partial charge in [-0.3, -0.25) is 14.7 Å². The summed E-state index contributed by atoms with van der Waals surface area (Å²) in [7, 11) is 0. The Balaban J connectivity index is 2.19. The second kappa shape index (κ2) is 6.12. The number of nitrogens with zero attached hydrogens (tertiary/aromatic N) is 3. The lowest BCUT2D eigenvalue weighted by Gasteiger charge is -2.42. The second-order valence-electron chi connectivity index (χ2n) is 5.01. The summed E-state index contributed by atoms with van der Waals surface area (Å²) in [4.78, 5) is 20.1. The predicted molar refractivity (Wildman–Crippen MR) is 72.9 cm³/mol. The Hall–Kier alpha value is -1.46. The molecule has 2 unspecified atom stereocenters. The highest BCUT2D eigenvalue weighted by Crippen LogP contribution is 2.25. The average molecular weight is 263 g/mol. The van der Waals surface area contributed by atoms with E-state index in [1.807, 2.05) is 6.07 Å². The lowest BCUT2D eigenvalue weighted by molar-refractivity contribution is -0.145. The lowest BCUT2D eigenvalue weighted by Crippen LogP contribution is -2.54. The van der Waals surface area contributed by atoms with Gasteiger partial charge >= 0.3 is 5.97 Å². The van der Waals surface area contributed by atoms with Crippen molar-refractivity contribution < 1.29 is 9.90 Å². The van der Waals surface area contributed by atoms with Crippen LogP contribution in [-0.4, -0.2) is 58.1 Å². The van der Waals surface area contributed by atoms with Gasteiger partial charge in [0.15, 0.2) is 0 Å². The van der Waals surface area contributed by atoms with E-state index in [2.05, 4.69) is 28.6 Å². The Labute approximate surface area is 113 Å². The summed E-state index contributed by atoms with van der Waals surface area (Å²) < 4.78 is 0. The van der Waals surface area contributed by atoms with Gasteiger partial charge in [-0.25, -0.2) is 0 Å². The van der Waals surface area contributed by atoms with Gasteiger partial charge in [-0.1, -0.05) is 13.0 Å². The summed E-state index contributed by atoms with van der Waals surface area (Å²) in [5, 5.41) is 9.54. The van der Waals surface area contributed by atoms with Crippen molar-refractivity contribution in [2.45, 2.75) is 25.9 Å². The molecular formula is C14H21N3O2. The van der Waals surface area contributed by atoms with E-state index in [0.717, 1.165) is 31.7 Å². The number of aliphatic carboxylic acids is 1. The van der Waals surface area contributed by atoms with Crippen LogP contribution in [0.5, 0.6) is 0 Å². The summed E-state index contributed by atoms with van der Waals surface area (Å²) in [5.74, 6) is -0.801. The fourth-order valence-corrected chi connectivity index (χ4v) is 2.73. The SMILES string of the molecule is CCN1CCN(C(C(=O)O)c2cccnc2)C(C)C1. The quantitative estimate of drug-likeness (QED) is 0.885. The molecule has 2 heterocycles. The molecule has 0 aliphatic carbocycles. The number of piperazine rings is 1. The smallest absolute Gasteiger partial charge is 0.325 e. The summed E-state index contributed by atoms with van der Waals surface area (Å²) in [6.07, 6.45) is 3.32. The average Bonchev–Trinajstić information content (AvgIpc) is 2.41. The van der Waals surface area contributed by atoms with Crippen LogP contribution in [0.2, 0.25) is 0 Å². The first-order valence-corrected chi connectivity index (χ1v) is 6.74. The van der Waals surface area contributed by atoms with Crippen LogP contribution < -0.4 is 0 Å². The molecule has 19 heavy (non-hydrogen) atoms. The fourth-order valence-electron chi connectivity index (χ4n) is 2.73. The molecule has 2 atom stereocenters. The molecule has 0 radical (unpaired) electrons. The number of likely N-dealkylation sites (N-methyl/N-ethyl adjacent to an activating group) is 1. The van der Waals surface area contributed by atoms with Crippen molar-refractivity contribution in [3.8, 4) is 0 Å². The molecule has 2 rings (SSSR count). The van der Waals surface area contributed by atoms with Crippen LogP contribution in [0, 0.1) is 0 Å². The zero-order chi connectivity index (χ0) is 13.8. The minimum atomic E-state index is -0.801. The third-order valence-corrected chi connectivity index (χ3v) is 3.78. The van der Waals surface area contributed by atoms with Gasteiger partial charge in [-0.05, 0) is 25.1 Å². The largest absolute Gasteiger partial charge is 0.480 e. The second-order valence-corrected chi connectivity index (χ2v) is 5.01. The highest BCUT2D eigenvalue weighted by molar-refractivity contribution is 5.75. The molecule has 0 aromatic carbocycles. The van der Waals surface area contributed by atoms with E-state index in [4.69, 9.17) is 0 Å². The number of carboxylic acids is 1. The molecule has 0 amide bonds. The number of aromatic nitrogens is 1. The van der Waals surface area contributed by atoms with Gasteiger partial charge in [0.25, 0.3) is 0 Å². The van der Waals surface area contributed by atoms with Crippen molar-refractivity contribution in [2.75, 3.05) is 26.2 Å². The van der Waals surface area contributed by atoms with Crippen LogP contribution in [-0.2, 0) is 4.79 Å². The summed E-state index contributed by atoms with van der Waals surface area (Å²) in [6.45, 7) is 7.86. The van der Waals surface area contributed by atoms with Crippen LogP contribution >= 0.6 is 0 Å². The first-order chi connectivity index (χ1) is 9.13. The van der Waals surface area contributed by atoms with Crippen molar-refractivity contribution in [3.63, 3.8) is 0 Å². The monoisotopic (exact) mass is 263 g/mol. The van der Waals surface area contributed by atoms with Crippen LogP contribution in [0.3, 0.4) is 0 Å². The molecule has 1 N–H and O–H groups in total. The summed E-state index contributed by atoms with van der Waals surface area (Å²) >= 11 is 0. The van der Waals surface area contributed by atoms with E-state index >= 15 is 0 Å². The molecule has 0 spiro atoms. The minimum absolute atomic E-state index is 0.231. The van der Waals surface area contributed by atoms with Crippen LogP contribution in [0.4, 0.5) is 0 Å². The fraction of sp³-hybridized carbons (Fsp3) is 0.571. The molecular weight excluding hydrogens is 242 g/mol. The summed E-state index contributed by atoms with van der Waals surface area (Å²) in [6, 6.07) is 3.26. The van der Waals surface area contributed by atoms with Gasteiger partial charge in [-0.2, -0.15) is 0 Å². The van der Waals surface area contributed by atoms with Gasteiger partial charge in [0.1, 0.15) is 6.04 Å². The number of rotatable bonds is 4. The molecule has 5 heteroatoms. The predicted octanol–water partition coefficient (Wildman–Crippen LogP) is 1.23. The maximum absolute atomic E-state index is 11.6. The molecule has 1 aromatic heterocycles. The van der Waals surface area contributed by atoms with Crippen LogP contribution in [0.15, 0.2) is 24.5 Å². The molecule has 5 nitrogen and oxygen atoms in total. The molecule has 1 saturated heterocycles. The number of pyridine rings is 1. The minimum Gasteiger partial charge on any atom is -0.480 e. The standard InChI is InChI=1S/C14H21N3O2/c1-3-16-7-8-17(11(2)10-16)13(14(18)19)12-5-4-6-15-9-12/h4-6,9,11,13H,3,7-8,10H2,1-2H3,(H,18,19). The third-order valence-electron chi connectivity index (χ3n) is 3.78. The van der Waals surface area contributed by atoms with E-state index in [1.54, 1.807) is 18.5 Å². The van der Waals surface area contributed by atoms with Gasteiger partial charge in [0, 0.05) is 38.1 Å². The van der Waals surface area contributed by atoms with Gasteiger partial charge < -0.3 is 10.0 Å². The molecule has 1 fully saturated rings. The number of hydrogen-bond acceptors (Lipinski definition) is 4. The maximum atomic E-state index is 11.6. The Morgan fingerprint density at radius 3 is 2.89 bits per heavy atom. The van der Waals surface area contributed by atoms with E-state index in [9.17, 15) is 9.90 Å². The van der Waals surface area contributed by atoms with Gasteiger partial charge in [0.2, 0.25) is 0 Å². The van der Waals surface area contributed by atoms with E-state index in [0.29, 0.717) is 0 Å². The Morgan fingerprint density at radius 1 is 1.58 bits per heavy atom. The number of hydrogen-bond donors (Lipinski definition) is 1.